The molecule has 0 aliphatic rings. The number of phenolic OH excluding ortho intramolecular Hbond substituents is 1. The number of aryl methyl sites for hydroxylation is 1. The van der Waals surface area contributed by atoms with E-state index in [2.05, 4.69) is 26.6 Å². The van der Waals surface area contributed by atoms with Crippen molar-refractivity contribution in [1.29, 1.82) is 5.41 Å². The second kappa shape index (κ2) is 20.7. The predicted octanol–water partition coefficient (Wildman–Crippen LogP) is 2.65. The maximum atomic E-state index is 13.9. The van der Waals surface area contributed by atoms with Crippen LogP contribution >= 0.6 is 0 Å². The van der Waals surface area contributed by atoms with Gasteiger partial charge in [-0.1, -0.05) is 42.5 Å². The number of phenols is 1. The summed E-state index contributed by atoms with van der Waals surface area (Å²) in [6.45, 7) is 2.32. The molecule has 16 heteroatoms. The standard InChI is InChI=1S/C39H48N8O8/c1-24-20-34(49)55-33-22-27(14-17-29(24)33)44-35(50)31(11-7-19-43-38(41)42)45-36(51)30(10-5-6-18-40)46-37(52)32(21-25-12-15-28(48)16-13-25)47-39(53)54-23-26-8-3-2-4-9-26/h2-4,8-9,12-17,20,22,30-32,48H,5-7,10-11,18-19,21,23,40H2,1H3,(H,44,50)(H,45,51)(H,46,52)(H,47,53)(H4,41,42,43)/t30-,31-,32-/m0/s1. The third-order valence-electron chi connectivity index (χ3n) is 8.61. The summed E-state index contributed by atoms with van der Waals surface area (Å²) < 4.78 is 10.7. The van der Waals surface area contributed by atoms with Crippen molar-refractivity contribution in [3.8, 4) is 5.75 Å². The first-order valence-corrected chi connectivity index (χ1v) is 17.9. The highest BCUT2D eigenvalue weighted by Crippen LogP contribution is 2.21. The van der Waals surface area contributed by atoms with E-state index in [1.165, 1.54) is 24.3 Å². The fourth-order valence-corrected chi connectivity index (χ4v) is 5.72. The van der Waals surface area contributed by atoms with Crippen LogP contribution in [0.3, 0.4) is 0 Å². The van der Waals surface area contributed by atoms with Crippen molar-refractivity contribution >= 4 is 46.4 Å². The summed E-state index contributed by atoms with van der Waals surface area (Å²) >= 11 is 0. The number of amides is 4. The third kappa shape index (κ3) is 13.5. The van der Waals surface area contributed by atoms with Crippen LogP contribution in [-0.4, -0.2) is 66.1 Å². The lowest BCUT2D eigenvalue weighted by atomic mass is 10.0. The van der Waals surface area contributed by atoms with Gasteiger partial charge in [0.2, 0.25) is 17.7 Å². The van der Waals surface area contributed by atoms with Crippen molar-refractivity contribution in [1.82, 2.24) is 21.3 Å². The molecule has 0 aliphatic carbocycles. The number of hydrogen-bond acceptors (Lipinski definition) is 10. The fourth-order valence-electron chi connectivity index (χ4n) is 5.72. The van der Waals surface area contributed by atoms with Crippen LogP contribution in [0.25, 0.3) is 11.0 Å². The molecule has 16 nitrogen and oxygen atoms in total. The lowest BCUT2D eigenvalue weighted by Gasteiger charge is -2.25. The molecule has 0 unspecified atom stereocenters. The Hall–Kier alpha value is -6.42. The summed E-state index contributed by atoms with van der Waals surface area (Å²) in [6, 6.07) is 17.9. The molecule has 292 valence electrons. The SMILES string of the molecule is Cc1cc(=O)oc2cc(NC(=O)[C@H](CCCNC(=N)N)NC(=O)[C@H](CCCCN)NC(=O)[C@H](Cc3ccc(O)cc3)NC(=O)OCc3ccccc3)ccc12. The van der Waals surface area contributed by atoms with Gasteiger partial charge in [-0.2, -0.15) is 0 Å². The lowest BCUT2D eigenvalue weighted by molar-refractivity contribution is -0.132. The zero-order valence-corrected chi connectivity index (χ0v) is 30.6. The maximum Gasteiger partial charge on any atom is 0.408 e. The lowest BCUT2D eigenvalue weighted by Crippen LogP contribution is -2.56. The van der Waals surface area contributed by atoms with Gasteiger partial charge in [0, 0.05) is 36.2 Å². The monoisotopic (exact) mass is 756 g/mol. The van der Waals surface area contributed by atoms with Gasteiger partial charge in [-0.15, -0.1) is 0 Å². The molecule has 0 spiro atoms. The number of alkyl carbamates (subject to hydrolysis) is 1. The van der Waals surface area contributed by atoms with Crippen LogP contribution in [0.4, 0.5) is 10.5 Å². The smallest absolute Gasteiger partial charge is 0.408 e. The largest absolute Gasteiger partial charge is 0.508 e. The number of carbonyl (C=O) groups excluding carboxylic acids is 4. The fraction of sp³-hybridized carbons (Fsp3) is 0.333. The molecule has 0 bridgehead atoms. The molecule has 11 N–H and O–H groups in total. The van der Waals surface area contributed by atoms with Crippen LogP contribution in [0.15, 0.2) is 88.1 Å². The van der Waals surface area contributed by atoms with Gasteiger partial charge >= 0.3 is 11.7 Å². The third-order valence-corrected chi connectivity index (χ3v) is 8.61. The first kappa shape index (κ1) is 41.3. The number of aromatic hydroxyl groups is 1. The second-order valence-corrected chi connectivity index (χ2v) is 13.0. The number of ether oxygens (including phenoxy) is 1. The van der Waals surface area contributed by atoms with Gasteiger partial charge in [0.1, 0.15) is 36.1 Å². The molecule has 4 aromatic rings. The van der Waals surface area contributed by atoms with E-state index in [4.69, 9.17) is 26.0 Å². The minimum absolute atomic E-state index is 0.00325. The zero-order valence-electron chi connectivity index (χ0n) is 30.6. The molecule has 1 heterocycles. The van der Waals surface area contributed by atoms with Crippen molar-refractivity contribution in [2.24, 2.45) is 11.5 Å². The summed E-state index contributed by atoms with van der Waals surface area (Å²) in [7, 11) is 0. The summed E-state index contributed by atoms with van der Waals surface area (Å²) in [5.74, 6) is -2.14. The number of nitrogens with two attached hydrogens (primary N) is 2. The van der Waals surface area contributed by atoms with E-state index >= 15 is 0 Å². The van der Waals surface area contributed by atoms with E-state index in [0.717, 1.165) is 5.56 Å². The van der Waals surface area contributed by atoms with Gasteiger partial charge in [-0.25, -0.2) is 9.59 Å². The molecule has 0 saturated heterocycles. The Bertz CT molecular complexity index is 1990. The molecular formula is C39H48N8O8. The predicted molar refractivity (Wildman–Crippen MR) is 207 cm³/mol. The highest BCUT2D eigenvalue weighted by Gasteiger charge is 2.30. The number of nitrogens with one attached hydrogen (secondary N) is 6. The van der Waals surface area contributed by atoms with Crippen molar-refractivity contribution in [3.63, 3.8) is 0 Å². The summed E-state index contributed by atoms with van der Waals surface area (Å²) in [6.07, 6.45) is 0.792. The van der Waals surface area contributed by atoms with Gasteiger partial charge < -0.3 is 52.3 Å². The number of unbranched alkanes of at least 4 members (excludes halogenated alkanes) is 1. The Morgan fingerprint density at radius 1 is 0.818 bits per heavy atom. The Morgan fingerprint density at radius 3 is 2.18 bits per heavy atom. The van der Waals surface area contributed by atoms with E-state index in [-0.39, 0.29) is 49.7 Å². The van der Waals surface area contributed by atoms with E-state index in [9.17, 15) is 29.1 Å². The van der Waals surface area contributed by atoms with Crippen molar-refractivity contribution in [2.75, 3.05) is 18.4 Å². The molecule has 1 aromatic heterocycles. The maximum absolute atomic E-state index is 13.9. The highest BCUT2D eigenvalue weighted by molar-refractivity contribution is 6.00. The van der Waals surface area contributed by atoms with Crippen molar-refractivity contribution in [2.45, 2.75) is 70.2 Å². The van der Waals surface area contributed by atoms with Gasteiger partial charge in [-0.05, 0) is 86.5 Å². The zero-order chi connectivity index (χ0) is 39.7. The number of guanidine groups is 1. The van der Waals surface area contributed by atoms with E-state index in [1.54, 1.807) is 55.5 Å². The van der Waals surface area contributed by atoms with Crippen LogP contribution in [-0.2, 0) is 32.1 Å². The molecule has 0 saturated carbocycles. The topological polar surface area (TPSA) is 264 Å². The highest BCUT2D eigenvalue weighted by atomic mass is 16.5. The molecule has 0 aliphatic heterocycles. The molecule has 4 amide bonds. The number of fused-ring (bicyclic) bond motifs is 1. The minimum Gasteiger partial charge on any atom is -0.508 e. The first-order valence-electron chi connectivity index (χ1n) is 17.9. The molecule has 0 fully saturated rings. The Balaban J connectivity index is 1.52. The van der Waals surface area contributed by atoms with Crippen LogP contribution in [0.5, 0.6) is 5.75 Å². The van der Waals surface area contributed by atoms with E-state index < -0.39 is 47.6 Å². The average molecular weight is 757 g/mol. The summed E-state index contributed by atoms with van der Waals surface area (Å²) in [5, 5.41) is 31.5. The Morgan fingerprint density at radius 2 is 1.49 bits per heavy atom. The number of benzene rings is 3. The Labute approximate surface area is 317 Å². The summed E-state index contributed by atoms with van der Waals surface area (Å²) in [5.41, 5.74) is 13.3. The van der Waals surface area contributed by atoms with E-state index in [0.29, 0.717) is 48.0 Å². The van der Waals surface area contributed by atoms with Gasteiger partial charge in [0.25, 0.3) is 0 Å². The van der Waals surface area contributed by atoms with E-state index in [1.807, 2.05) is 6.07 Å². The van der Waals surface area contributed by atoms with Crippen molar-refractivity contribution < 1.29 is 33.4 Å². The molecule has 4 rings (SSSR count). The number of anilines is 1. The van der Waals surface area contributed by atoms with Crippen LogP contribution < -0.4 is 43.7 Å². The van der Waals surface area contributed by atoms with Gasteiger partial charge in [-0.3, -0.25) is 19.8 Å². The second-order valence-electron chi connectivity index (χ2n) is 13.0. The number of carbonyl (C=O) groups is 4. The van der Waals surface area contributed by atoms with Crippen LogP contribution in [0, 0.1) is 12.3 Å². The normalized spacial score (nSPS) is 12.5. The minimum atomic E-state index is -1.19. The number of hydrogen-bond donors (Lipinski definition) is 9. The Kier molecular flexibility index (Phi) is 15.6. The molecule has 3 aromatic carbocycles. The van der Waals surface area contributed by atoms with Gasteiger partial charge in [0.15, 0.2) is 5.96 Å². The molecule has 0 radical (unpaired) electrons. The first-order chi connectivity index (χ1) is 26.4. The van der Waals surface area contributed by atoms with Crippen LogP contribution in [0.2, 0.25) is 0 Å². The van der Waals surface area contributed by atoms with Crippen molar-refractivity contribution in [3.05, 3.63) is 106 Å². The quantitative estimate of drug-likeness (QED) is 0.0291. The average Bonchev–Trinajstić information content (AvgIpc) is 3.15. The summed E-state index contributed by atoms with van der Waals surface area (Å²) in [4.78, 5) is 66.4. The molecular weight excluding hydrogens is 708 g/mol. The van der Waals surface area contributed by atoms with Crippen LogP contribution in [0.1, 0.15) is 48.8 Å². The molecule has 3 atom stereocenters. The number of rotatable bonds is 19. The molecule has 55 heavy (non-hydrogen) atoms. The van der Waals surface area contributed by atoms with Gasteiger partial charge in [0.05, 0.1) is 0 Å².